The van der Waals surface area contributed by atoms with E-state index in [1.54, 1.807) is 21.3 Å². The first kappa shape index (κ1) is 19.3. The highest BCUT2D eigenvalue weighted by atomic mass is 16.5. The van der Waals surface area contributed by atoms with Crippen LogP contribution in [-0.2, 0) is 6.54 Å². The summed E-state index contributed by atoms with van der Waals surface area (Å²) in [7, 11) is 4.95. The summed E-state index contributed by atoms with van der Waals surface area (Å²) in [5, 5.41) is 4.15. The molecule has 7 nitrogen and oxygen atoms in total. The van der Waals surface area contributed by atoms with Gasteiger partial charge in [0, 0.05) is 11.6 Å². The van der Waals surface area contributed by atoms with Gasteiger partial charge in [0.05, 0.1) is 27.9 Å². The van der Waals surface area contributed by atoms with Crippen molar-refractivity contribution in [3.8, 4) is 28.6 Å². The second kappa shape index (κ2) is 8.53. The Hall–Kier alpha value is -3.06. The SMILES string of the molecule is COc1cccc(-c2noc(CN3CCCC3c3ccc(OC)c(OC)c3)n2)c1. The summed E-state index contributed by atoms with van der Waals surface area (Å²) in [4.78, 5) is 6.95. The maximum atomic E-state index is 5.53. The van der Waals surface area contributed by atoms with Crippen LogP contribution in [0.25, 0.3) is 11.4 Å². The maximum Gasteiger partial charge on any atom is 0.241 e. The van der Waals surface area contributed by atoms with Gasteiger partial charge in [-0.05, 0) is 49.2 Å². The zero-order valence-corrected chi connectivity index (χ0v) is 16.9. The molecule has 0 radical (unpaired) electrons. The Bertz CT molecular complexity index is 972. The van der Waals surface area contributed by atoms with E-state index in [0.717, 1.165) is 42.2 Å². The molecule has 0 aliphatic carbocycles. The fraction of sp³-hybridized carbons (Fsp3) is 0.364. The van der Waals surface area contributed by atoms with E-state index in [9.17, 15) is 0 Å². The van der Waals surface area contributed by atoms with E-state index in [4.69, 9.17) is 18.7 Å². The number of aromatic nitrogens is 2. The largest absolute Gasteiger partial charge is 0.497 e. The molecule has 0 saturated carbocycles. The van der Waals surface area contributed by atoms with Gasteiger partial charge in [0.25, 0.3) is 0 Å². The van der Waals surface area contributed by atoms with E-state index in [-0.39, 0.29) is 6.04 Å². The molecule has 1 atom stereocenters. The average Bonchev–Trinajstić information content (AvgIpc) is 3.43. The Morgan fingerprint density at radius 3 is 2.69 bits per heavy atom. The third-order valence-electron chi connectivity index (χ3n) is 5.29. The number of methoxy groups -OCH3 is 3. The summed E-state index contributed by atoms with van der Waals surface area (Å²) in [5.41, 5.74) is 2.07. The Labute approximate surface area is 170 Å². The molecular weight excluding hydrogens is 370 g/mol. The van der Waals surface area contributed by atoms with Gasteiger partial charge in [-0.15, -0.1) is 0 Å². The highest BCUT2D eigenvalue weighted by molar-refractivity contribution is 5.56. The van der Waals surface area contributed by atoms with Gasteiger partial charge < -0.3 is 18.7 Å². The highest BCUT2D eigenvalue weighted by Gasteiger charge is 2.28. The fourth-order valence-corrected chi connectivity index (χ4v) is 3.83. The summed E-state index contributed by atoms with van der Waals surface area (Å²) in [6, 6.07) is 14.0. The molecule has 1 saturated heterocycles. The Balaban J connectivity index is 1.51. The quantitative estimate of drug-likeness (QED) is 0.596. The summed E-state index contributed by atoms with van der Waals surface area (Å²) < 4.78 is 21.6. The number of hydrogen-bond acceptors (Lipinski definition) is 7. The van der Waals surface area contributed by atoms with Gasteiger partial charge in [-0.1, -0.05) is 23.4 Å². The van der Waals surface area contributed by atoms with Crippen LogP contribution in [0.5, 0.6) is 17.2 Å². The van der Waals surface area contributed by atoms with Crippen molar-refractivity contribution in [2.45, 2.75) is 25.4 Å². The van der Waals surface area contributed by atoms with E-state index in [2.05, 4.69) is 27.2 Å². The van der Waals surface area contributed by atoms with Crippen LogP contribution in [0.1, 0.15) is 30.3 Å². The molecule has 3 aromatic rings. The lowest BCUT2D eigenvalue weighted by Crippen LogP contribution is -2.23. The van der Waals surface area contributed by atoms with Crippen LogP contribution in [0.3, 0.4) is 0 Å². The van der Waals surface area contributed by atoms with E-state index in [1.807, 2.05) is 30.3 Å². The normalized spacial score (nSPS) is 16.7. The van der Waals surface area contributed by atoms with Gasteiger partial charge >= 0.3 is 0 Å². The molecule has 7 heteroatoms. The number of likely N-dealkylation sites (tertiary alicyclic amines) is 1. The molecular formula is C22H25N3O4. The van der Waals surface area contributed by atoms with Crippen LogP contribution < -0.4 is 14.2 Å². The van der Waals surface area contributed by atoms with E-state index in [0.29, 0.717) is 18.3 Å². The predicted octanol–water partition coefficient (Wildman–Crippen LogP) is 4.10. The minimum atomic E-state index is 0.280. The lowest BCUT2D eigenvalue weighted by Gasteiger charge is -2.23. The molecule has 2 aromatic carbocycles. The third-order valence-corrected chi connectivity index (χ3v) is 5.29. The summed E-state index contributed by atoms with van der Waals surface area (Å²) in [6.45, 7) is 1.59. The number of nitrogens with zero attached hydrogens (tertiary/aromatic N) is 3. The average molecular weight is 395 g/mol. The second-order valence-electron chi connectivity index (χ2n) is 6.99. The molecule has 1 unspecified atom stereocenters. The van der Waals surface area contributed by atoms with Gasteiger partial charge in [0.2, 0.25) is 11.7 Å². The van der Waals surface area contributed by atoms with Gasteiger partial charge in [-0.2, -0.15) is 4.98 Å². The standard InChI is InChI=1S/C22H25N3O4/c1-26-17-7-4-6-16(12-17)22-23-21(29-24-22)14-25-11-5-8-18(25)15-9-10-19(27-2)20(13-15)28-3/h4,6-7,9-10,12-13,18H,5,8,11,14H2,1-3H3. The van der Waals surface area contributed by atoms with Gasteiger partial charge in [0.1, 0.15) is 5.75 Å². The summed E-state index contributed by atoms with van der Waals surface area (Å²) >= 11 is 0. The molecule has 1 aromatic heterocycles. The first-order valence-electron chi connectivity index (χ1n) is 9.65. The minimum Gasteiger partial charge on any atom is -0.497 e. The molecule has 1 aliphatic heterocycles. The van der Waals surface area contributed by atoms with E-state index in [1.165, 1.54) is 5.56 Å². The Morgan fingerprint density at radius 1 is 1.03 bits per heavy atom. The molecule has 0 amide bonds. The van der Waals surface area contributed by atoms with Crippen molar-refractivity contribution in [1.82, 2.24) is 15.0 Å². The molecule has 0 bridgehead atoms. The van der Waals surface area contributed by atoms with Crippen molar-refractivity contribution in [3.63, 3.8) is 0 Å². The van der Waals surface area contributed by atoms with Gasteiger partial charge in [0.15, 0.2) is 11.5 Å². The zero-order chi connectivity index (χ0) is 20.2. The summed E-state index contributed by atoms with van der Waals surface area (Å²) in [5.74, 6) is 3.42. The highest BCUT2D eigenvalue weighted by Crippen LogP contribution is 2.37. The van der Waals surface area contributed by atoms with Crippen molar-refractivity contribution >= 4 is 0 Å². The molecule has 152 valence electrons. The summed E-state index contributed by atoms with van der Waals surface area (Å²) in [6.07, 6.45) is 2.20. The predicted molar refractivity (Wildman–Crippen MR) is 108 cm³/mol. The van der Waals surface area contributed by atoms with Crippen molar-refractivity contribution in [2.24, 2.45) is 0 Å². The van der Waals surface area contributed by atoms with Crippen LogP contribution in [0.4, 0.5) is 0 Å². The fourth-order valence-electron chi connectivity index (χ4n) is 3.83. The van der Waals surface area contributed by atoms with Crippen LogP contribution in [0.15, 0.2) is 47.0 Å². The zero-order valence-electron chi connectivity index (χ0n) is 16.9. The number of ether oxygens (including phenoxy) is 3. The van der Waals surface area contributed by atoms with Crippen LogP contribution in [0.2, 0.25) is 0 Å². The Kier molecular flexibility index (Phi) is 5.67. The third kappa shape index (κ3) is 4.05. The lowest BCUT2D eigenvalue weighted by atomic mass is 10.0. The van der Waals surface area contributed by atoms with E-state index < -0.39 is 0 Å². The lowest BCUT2D eigenvalue weighted by molar-refractivity contribution is 0.212. The molecule has 0 spiro atoms. The van der Waals surface area contributed by atoms with Crippen LogP contribution >= 0.6 is 0 Å². The smallest absolute Gasteiger partial charge is 0.241 e. The monoisotopic (exact) mass is 395 g/mol. The number of benzene rings is 2. The first-order valence-corrected chi connectivity index (χ1v) is 9.65. The van der Waals surface area contributed by atoms with Crippen LogP contribution in [-0.4, -0.2) is 42.9 Å². The molecule has 0 N–H and O–H groups in total. The van der Waals surface area contributed by atoms with E-state index >= 15 is 0 Å². The molecule has 1 aliphatic rings. The van der Waals surface area contributed by atoms with Gasteiger partial charge in [-0.3, -0.25) is 4.90 Å². The molecule has 2 heterocycles. The second-order valence-corrected chi connectivity index (χ2v) is 6.99. The molecule has 4 rings (SSSR count). The van der Waals surface area contributed by atoms with Crippen molar-refractivity contribution < 1.29 is 18.7 Å². The maximum absolute atomic E-state index is 5.53. The van der Waals surface area contributed by atoms with Gasteiger partial charge in [-0.25, -0.2) is 0 Å². The topological polar surface area (TPSA) is 69.9 Å². The number of hydrogen-bond donors (Lipinski definition) is 0. The number of rotatable bonds is 7. The molecule has 1 fully saturated rings. The first-order chi connectivity index (χ1) is 14.2. The van der Waals surface area contributed by atoms with Crippen molar-refractivity contribution in [2.75, 3.05) is 27.9 Å². The van der Waals surface area contributed by atoms with Crippen LogP contribution in [0, 0.1) is 0 Å². The van der Waals surface area contributed by atoms with Crippen molar-refractivity contribution in [3.05, 3.63) is 53.9 Å². The molecule has 29 heavy (non-hydrogen) atoms. The Morgan fingerprint density at radius 2 is 1.90 bits per heavy atom. The van der Waals surface area contributed by atoms with Crippen molar-refractivity contribution in [1.29, 1.82) is 0 Å². The minimum absolute atomic E-state index is 0.280.